The first-order valence-corrected chi connectivity index (χ1v) is 9.69. The Labute approximate surface area is 155 Å². The topological polar surface area (TPSA) is 47.6 Å². The molecule has 4 nitrogen and oxygen atoms in total. The minimum absolute atomic E-state index is 0.0221. The van der Waals surface area contributed by atoms with Crippen molar-refractivity contribution >= 4 is 22.4 Å². The maximum atomic E-state index is 13.1. The summed E-state index contributed by atoms with van der Waals surface area (Å²) < 4.78 is 11.9. The number of fused-ring (bicyclic) bond motifs is 1. The van der Waals surface area contributed by atoms with Gasteiger partial charge in [-0.2, -0.15) is 0 Å². The maximum absolute atomic E-state index is 13.1. The second-order valence-corrected chi connectivity index (χ2v) is 7.33. The lowest BCUT2D eigenvalue weighted by molar-refractivity contribution is -0.140. The molecule has 1 N–H and O–H groups in total. The van der Waals surface area contributed by atoms with Gasteiger partial charge < -0.3 is 14.8 Å². The fraction of sp³-hybridized carbons (Fsp3) is 0.500. The molecule has 4 heteroatoms. The maximum Gasteiger partial charge on any atom is 0.256 e. The fourth-order valence-corrected chi connectivity index (χ4v) is 3.65. The van der Waals surface area contributed by atoms with Crippen LogP contribution in [0.5, 0.6) is 5.75 Å². The lowest BCUT2D eigenvalue weighted by Gasteiger charge is -2.28. The first-order valence-electron chi connectivity index (χ1n) is 9.69. The first kappa shape index (κ1) is 18.7. The molecule has 1 aliphatic carbocycles. The second-order valence-electron chi connectivity index (χ2n) is 7.33. The molecule has 1 fully saturated rings. The predicted octanol–water partition coefficient (Wildman–Crippen LogP) is 5.30. The van der Waals surface area contributed by atoms with E-state index in [0.717, 1.165) is 54.3 Å². The monoisotopic (exact) mass is 355 g/mol. The van der Waals surface area contributed by atoms with Gasteiger partial charge in [0, 0.05) is 23.1 Å². The molecular weight excluding hydrogens is 326 g/mol. The van der Waals surface area contributed by atoms with Crippen molar-refractivity contribution in [2.45, 2.75) is 64.6 Å². The summed E-state index contributed by atoms with van der Waals surface area (Å²) in [6.07, 6.45) is 4.69. The molecule has 1 amide bonds. The molecule has 0 aliphatic heterocycles. The number of amides is 1. The number of anilines is 1. The van der Waals surface area contributed by atoms with Crippen molar-refractivity contribution in [3.8, 4) is 5.75 Å². The Kier molecular flexibility index (Phi) is 5.82. The van der Waals surface area contributed by atoms with Crippen molar-refractivity contribution in [2.75, 3.05) is 11.9 Å². The highest BCUT2D eigenvalue weighted by Gasteiger charge is 2.42. The number of hydrogen-bond donors (Lipinski definition) is 1. The summed E-state index contributed by atoms with van der Waals surface area (Å²) in [4.78, 5) is 13.1. The Morgan fingerprint density at radius 1 is 1.12 bits per heavy atom. The van der Waals surface area contributed by atoms with Crippen LogP contribution in [0.1, 0.15) is 52.9 Å². The van der Waals surface area contributed by atoms with Gasteiger partial charge >= 0.3 is 0 Å². The highest BCUT2D eigenvalue weighted by molar-refractivity contribution is 6.06. The van der Waals surface area contributed by atoms with E-state index in [0.29, 0.717) is 6.61 Å². The summed E-state index contributed by atoms with van der Waals surface area (Å²) in [7, 11) is 0. The second kappa shape index (κ2) is 8.09. The Morgan fingerprint density at radius 3 is 2.46 bits per heavy atom. The normalized spacial score (nSPS) is 16.2. The summed E-state index contributed by atoms with van der Waals surface area (Å²) in [6, 6.07) is 11.9. The molecule has 0 unspecified atom stereocenters. The first-order chi connectivity index (χ1) is 12.6. The molecule has 1 saturated carbocycles. The number of ether oxygens (including phenoxy) is 2. The van der Waals surface area contributed by atoms with E-state index < -0.39 is 5.60 Å². The van der Waals surface area contributed by atoms with Crippen LogP contribution in [0, 0.1) is 0 Å². The zero-order valence-corrected chi connectivity index (χ0v) is 16.0. The number of carbonyl (C=O) groups excluding carboxylic acids is 1. The van der Waals surface area contributed by atoms with E-state index in [2.05, 4.69) is 12.2 Å². The Balaban J connectivity index is 1.90. The standard InChI is InChI=1S/C22H29NO3/c1-4-15-25-22(13-7-8-14-22)21(24)23-19-11-12-20(26-16(2)3)18-10-6-5-9-17(18)19/h5-6,9-12,16H,4,7-8,13-15H2,1-3H3,(H,23,24). The quantitative estimate of drug-likeness (QED) is 0.732. The predicted molar refractivity (Wildman–Crippen MR) is 106 cm³/mol. The number of benzene rings is 2. The van der Waals surface area contributed by atoms with Crippen LogP contribution in [-0.4, -0.2) is 24.2 Å². The van der Waals surface area contributed by atoms with Crippen LogP contribution in [0.4, 0.5) is 5.69 Å². The lowest BCUT2D eigenvalue weighted by Crippen LogP contribution is -2.43. The summed E-state index contributed by atoms with van der Waals surface area (Å²) in [6.45, 7) is 6.72. The molecule has 2 aromatic carbocycles. The minimum atomic E-state index is -0.676. The van der Waals surface area contributed by atoms with Crippen molar-refractivity contribution in [1.29, 1.82) is 0 Å². The Bertz CT molecular complexity index is 763. The highest BCUT2D eigenvalue weighted by atomic mass is 16.5. The van der Waals surface area contributed by atoms with Crippen LogP contribution in [-0.2, 0) is 9.53 Å². The molecule has 0 radical (unpaired) electrons. The summed E-state index contributed by atoms with van der Waals surface area (Å²) in [5.41, 5.74) is 0.137. The smallest absolute Gasteiger partial charge is 0.256 e. The van der Waals surface area contributed by atoms with Gasteiger partial charge in [-0.25, -0.2) is 0 Å². The van der Waals surface area contributed by atoms with Gasteiger partial charge in [-0.05, 0) is 58.1 Å². The molecule has 0 heterocycles. The summed E-state index contributed by atoms with van der Waals surface area (Å²) >= 11 is 0. The van der Waals surface area contributed by atoms with Gasteiger partial charge in [0.1, 0.15) is 11.4 Å². The third-order valence-corrected chi connectivity index (χ3v) is 4.90. The zero-order valence-electron chi connectivity index (χ0n) is 16.0. The lowest BCUT2D eigenvalue weighted by atomic mass is 10.00. The average molecular weight is 355 g/mol. The third kappa shape index (κ3) is 3.85. The van der Waals surface area contributed by atoms with Crippen LogP contribution in [0.25, 0.3) is 10.8 Å². The molecule has 26 heavy (non-hydrogen) atoms. The number of rotatable bonds is 7. The zero-order chi connectivity index (χ0) is 18.6. The Hall–Kier alpha value is -2.07. The van der Waals surface area contributed by atoms with Gasteiger partial charge in [0.25, 0.3) is 5.91 Å². The van der Waals surface area contributed by atoms with Crippen LogP contribution in [0.15, 0.2) is 36.4 Å². The molecule has 140 valence electrons. The molecule has 0 saturated heterocycles. The van der Waals surface area contributed by atoms with E-state index in [1.807, 2.05) is 50.2 Å². The largest absolute Gasteiger partial charge is 0.490 e. The highest BCUT2D eigenvalue weighted by Crippen LogP contribution is 2.37. The van der Waals surface area contributed by atoms with E-state index >= 15 is 0 Å². The molecule has 2 aromatic rings. The molecule has 3 rings (SSSR count). The van der Waals surface area contributed by atoms with Gasteiger partial charge in [0.05, 0.1) is 6.10 Å². The Morgan fingerprint density at radius 2 is 1.81 bits per heavy atom. The number of nitrogens with one attached hydrogen (secondary N) is 1. The molecule has 0 aromatic heterocycles. The van der Waals surface area contributed by atoms with Gasteiger partial charge in [-0.15, -0.1) is 0 Å². The van der Waals surface area contributed by atoms with Crippen molar-refractivity contribution < 1.29 is 14.3 Å². The van der Waals surface area contributed by atoms with E-state index in [1.165, 1.54) is 0 Å². The summed E-state index contributed by atoms with van der Waals surface area (Å²) in [5.74, 6) is 0.817. The molecule has 0 bridgehead atoms. The molecule has 0 atom stereocenters. The molecule has 1 aliphatic rings. The molecule has 0 spiro atoms. The van der Waals surface area contributed by atoms with Gasteiger partial charge in [0.2, 0.25) is 0 Å². The van der Waals surface area contributed by atoms with E-state index in [-0.39, 0.29) is 12.0 Å². The summed E-state index contributed by atoms with van der Waals surface area (Å²) in [5, 5.41) is 5.13. The van der Waals surface area contributed by atoms with E-state index in [1.54, 1.807) is 0 Å². The van der Waals surface area contributed by atoms with Crippen molar-refractivity contribution in [3.05, 3.63) is 36.4 Å². The van der Waals surface area contributed by atoms with Crippen molar-refractivity contribution in [2.24, 2.45) is 0 Å². The van der Waals surface area contributed by atoms with Gasteiger partial charge in [0.15, 0.2) is 0 Å². The van der Waals surface area contributed by atoms with Crippen LogP contribution in [0.2, 0.25) is 0 Å². The van der Waals surface area contributed by atoms with E-state index in [4.69, 9.17) is 9.47 Å². The van der Waals surface area contributed by atoms with Crippen LogP contribution >= 0.6 is 0 Å². The third-order valence-electron chi connectivity index (χ3n) is 4.90. The van der Waals surface area contributed by atoms with Crippen LogP contribution in [0.3, 0.4) is 0 Å². The van der Waals surface area contributed by atoms with Crippen molar-refractivity contribution in [1.82, 2.24) is 0 Å². The molecular formula is C22H29NO3. The van der Waals surface area contributed by atoms with E-state index in [9.17, 15) is 4.79 Å². The average Bonchev–Trinajstić information content (AvgIpc) is 3.12. The number of hydrogen-bond acceptors (Lipinski definition) is 3. The van der Waals surface area contributed by atoms with Crippen LogP contribution < -0.4 is 10.1 Å². The van der Waals surface area contributed by atoms with Crippen molar-refractivity contribution in [3.63, 3.8) is 0 Å². The van der Waals surface area contributed by atoms with Gasteiger partial charge in [-0.1, -0.05) is 31.2 Å². The fourth-order valence-electron chi connectivity index (χ4n) is 3.65. The number of carbonyl (C=O) groups is 1. The van der Waals surface area contributed by atoms with Gasteiger partial charge in [-0.3, -0.25) is 4.79 Å². The SMILES string of the molecule is CCCOC1(C(=O)Nc2ccc(OC(C)C)c3ccccc23)CCCC1. The minimum Gasteiger partial charge on any atom is -0.490 e.